The number of amides is 2. The summed E-state index contributed by atoms with van der Waals surface area (Å²) >= 11 is 12.0. The highest BCUT2D eigenvalue weighted by atomic mass is 35.5. The molecular formula is C22H20Cl2N4O4. The number of rotatable bonds is 7. The molecule has 3 rings (SSSR count). The highest BCUT2D eigenvalue weighted by Crippen LogP contribution is 2.28. The zero-order valence-corrected chi connectivity index (χ0v) is 18.8. The molecule has 2 heterocycles. The lowest BCUT2D eigenvalue weighted by molar-refractivity contribution is 0.0946. The molecule has 32 heavy (non-hydrogen) atoms. The summed E-state index contributed by atoms with van der Waals surface area (Å²) in [7, 11) is 1.49. The van der Waals surface area contributed by atoms with E-state index in [0.717, 1.165) is 11.1 Å². The van der Waals surface area contributed by atoms with Gasteiger partial charge in [0.15, 0.2) is 0 Å². The summed E-state index contributed by atoms with van der Waals surface area (Å²) in [6, 6.07) is 10.1. The molecule has 166 valence electrons. The molecule has 0 radical (unpaired) electrons. The van der Waals surface area contributed by atoms with Crippen molar-refractivity contribution in [3.63, 3.8) is 0 Å². The fraction of sp³-hybridized carbons (Fsp3) is 0.182. The van der Waals surface area contributed by atoms with Gasteiger partial charge >= 0.3 is 6.09 Å². The first-order chi connectivity index (χ1) is 15.3. The number of carbonyl (C=O) groups excluding carboxylic acids is 1. The number of aryl methyl sites for hydroxylation is 1. The van der Waals surface area contributed by atoms with Gasteiger partial charge in [0.2, 0.25) is 5.88 Å². The van der Waals surface area contributed by atoms with Crippen LogP contribution in [0.4, 0.5) is 4.79 Å². The molecule has 0 aliphatic heterocycles. The summed E-state index contributed by atoms with van der Waals surface area (Å²) < 4.78 is 5.33. The van der Waals surface area contributed by atoms with Crippen molar-refractivity contribution in [2.75, 3.05) is 7.11 Å². The number of benzene rings is 1. The Hall–Kier alpha value is -3.36. The maximum atomic E-state index is 12.8. The molecule has 0 atom stereocenters. The van der Waals surface area contributed by atoms with Crippen LogP contribution in [0.2, 0.25) is 10.0 Å². The van der Waals surface area contributed by atoms with Crippen molar-refractivity contribution in [1.82, 2.24) is 20.6 Å². The minimum atomic E-state index is -1.18. The minimum absolute atomic E-state index is 0.000511. The molecule has 0 aliphatic carbocycles. The topological polar surface area (TPSA) is 113 Å². The predicted octanol–water partition coefficient (Wildman–Crippen LogP) is 4.47. The highest BCUT2D eigenvalue weighted by molar-refractivity contribution is 6.42. The summed E-state index contributed by atoms with van der Waals surface area (Å²) in [5, 5.41) is 14.9. The van der Waals surface area contributed by atoms with E-state index in [4.69, 9.17) is 33.0 Å². The second kappa shape index (κ2) is 10.3. The van der Waals surface area contributed by atoms with Crippen LogP contribution < -0.4 is 15.4 Å². The number of nitrogens with zero attached hydrogens (tertiary/aromatic N) is 2. The van der Waals surface area contributed by atoms with Crippen molar-refractivity contribution in [1.29, 1.82) is 0 Å². The van der Waals surface area contributed by atoms with Gasteiger partial charge < -0.3 is 20.5 Å². The molecule has 8 nitrogen and oxygen atoms in total. The van der Waals surface area contributed by atoms with E-state index < -0.39 is 12.0 Å². The molecule has 1 aromatic carbocycles. The first-order valence-corrected chi connectivity index (χ1v) is 10.2. The van der Waals surface area contributed by atoms with Crippen LogP contribution in [0.5, 0.6) is 5.88 Å². The van der Waals surface area contributed by atoms with Crippen LogP contribution in [0.3, 0.4) is 0 Å². The third-order valence-electron chi connectivity index (χ3n) is 4.46. The molecule has 10 heteroatoms. The monoisotopic (exact) mass is 474 g/mol. The Kier molecular flexibility index (Phi) is 7.50. The zero-order valence-electron chi connectivity index (χ0n) is 17.3. The molecule has 2 amide bonds. The normalized spacial score (nSPS) is 10.5. The number of hydrogen-bond donors (Lipinski definition) is 3. The van der Waals surface area contributed by atoms with E-state index in [-0.39, 0.29) is 18.8 Å². The summed E-state index contributed by atoms with van der Waals surface area (Å²) in [4.78, 5) is 32.5. The number of carbonyl (C=O) groups is 2. The van der Waals surface area contributed by atoms with Crippen LogP contribution in [-0.4, -0.2) is 34.2 Å². The molecule has 0 saturated carbocycles. The van der Waals surface area contributed by atoms with Crippen LogP contribution >= 0.6 is 23.2 Å². The largest absolute Gasteiger partial charge is 0.481 e. The first kappa shape index (κ1) is 23.3. The number of hydrogen-bond acceptors (Lipinski definition) is 5. The van der Waals surface area contributed by atoms with E-state index in [2.05, 4.69) is 20.6 Å². The maximum Gasteiger partial charge on any atom is 0.404 e. The van der Waals surface area contributed by atoms with Crippen molar-refractivity contribution in [2.45, 2.75) is 20.0 Å². The average Bonchev–Trinajstić information content (AvgIpc) is 2.78. The zero-order chi connectivity index (χ0) is 23.3. The predicted molar refractivity (Wildman–Crippen MR) is 121 cm³/mol. The minimum Gasteiger partial charge on any atom is -0.481 e. The fourth-order valence-electron chi connectivity index (χ4n) is 2.95. The van der Waals surface area contributed by atoms with Gasteiger partial charge in [-0.25, -0.2) is 14.8 Å². The molecule has 3 N–H and O–H groups in total. The second-order valence-electron chi connectivity index (χ2n) is 6.91. The van der Waals surface area contributed by atoms with Gasteiger partial charge in [0.05, 0.1) is 28.4 Å². The summed E-state index contributed by atoms with van der Waals surface area (Å²) in [5.74, 6) is -0.0947. The number of methoxy groups -OCH3 is 1. The number of nitrogens with one attached hydrogen (secondary N) is 2. The molecular weight excluding hydrogens is 455 g/mol. The standard InChI is InChI=1S/C22H20Cl2N4O4/c1-12-5-15(21(32-2)26-9-12)18-7-14(11-27-22(30)31)8-19(28-18)20(29)25-10-13-3-4-16(23)17(24)6-13/h3-9,27H,10-11H2,1-2H3,(H,25,29)(H,30,31). The Morgan fingerprint density at radius 2 is 1.78 bits per heavy atom. The summed E-state index contributed by atoms with van der Waals surface area (Å²) in [6.45, 7) is 2.08. The number of aromatic nitrogens is 2. The SMILES string of the molecule is COc1ncc(C)cc1-c1cc(CNC(=O)O)cc(C(=O)NCc2ccc(Cl)c(Cl)c2)n1. The highest BCUT2D eigenvalue weighted by Gasteiger charge is 2.16. The van der Waals surface area contributed by atoms with Gasteiger partial charge in [-0.3, -0.25) is 4.79 Å². The molecule has 0 aliphatic rings. The third kappa shape index (κ3) is 5.87. The van der Waals surface area contributed by atoms with Crippen molar-refractivity contribution < 1.29 is 19.4 Å². The fourth-order valence-corrected chi connectivity index (χ4v) is 3.27. The molecule has 0 unspecified atom stereocenters. The van der Waals surface area contributed by atoms with Gasteiger partial charge in [-0.2, -0.15) is 0 Å². The molecule has 0 fully saturated rings. The van der Waals surface area contributed by atoms with Crippen molar-refractivity contribution in [3.05, 3.63) is 75.0 Å². The van der Waals surface area contributed by atoms with Crippen LogP contribution in [0.25, 0.3) is 11.3 Å². The van der Waals surface area contributed by atoms with E-state index in [1.165, 1.54) is 13.2 Å². The van der Waals surface area contributed by atoms with Gasteiger partial charge in [-0.05, 0) is 53.9 Å². The van der Waals surface area contributed by atoms with Crippen LogP contribution in [0.15, 0.2) is 42.6 Å². The van der Waals surface area contributed by atoms with E-state index in [9.17, 15) is 9.59 Å². The Morgan fingerprint density at radius 1 is 1.03 bits per heavy atom. The van der Waals surface area contributed by atoms with E-state index in [1.807, 2.05) is 13.0 Å². The van der Waals surface area contributed by atoms with Gasteiger partial charge in [0.1, 0.15) is 5.69 Å². The lowest BCUT2D eigenvalue weighted by Gasteiger charge is -2.12. The Balaban J connectivity index is 1.93. The number of halogens is 2. The Labute approximate surface area is 194 Å². The van der Waals surface area contributed by atoms with Gasteiger partial charge in [0, 0.05) is 19.3 Å². The maximum absolute atomic E-state index is 12.8. The average molecular weight is 475 g/mol. The second-order valence-corrected chi connectivity index (χ2v) is 7.72. The van der Waals surface area contributed by atoms with Gasteiger partial charge in [-0.15, -0.1) is 0 Å². The summed E-state index contributed by atoms with van der Waals surface area (Å²) in [5.41, 5.74) is 3.34. The molecule has 2 aromatic heterocycles. The van der Waals surface area contributed by atoms with Gasteiger partial charge in [-0.1, -0.05) is 29.3 Å². The van der Waals surface area contributed by atoms with E-state index >= 15 is 0 Å². The van der Waals surface area contributed by atoms with Crippen LogP contribution in [-0.2, 0) is 13.1 Å². The number of pyridine rings is 2. The van der Waals surface area contributed by atoms with Crippen molar-refractivity contribution >= 4 is 35.2 Å². The Bertz CT molecular complexity index is 1170. The lowest BCUT2D eigenvalue weighted by atomic mass is 10.1. The molecule has 0 spiro atoms. The van der Waals surface area contributed by atoms with Crippen molar-refractivity contribution in [2.24, 2.45) is 0 Å². The summed E-state index contributed by atoms with van der Waals surface area (Å²) in [6.07, 6.45) is 0.479. The quantitative estimate of drug-likeness (QED) is 0.465. The smallest absolute Gasteiger partial charge is 0.404 e. The van der Waals surface area contributed by atoms with Crippen molar-refractivity contribution in [3.8, 4) is 17.1 Å². The van der Waals surface area contributed by atoms with E-state index in [0.29, 0.717) is 32.7 Å². The van der Waals surface area contributed by atoms with Crippen LogP contribution in [0, 0.1) is 6.92 Å². The first-order valence-electron chi connectivity index (χ1n) is 9.47. The number of ether oxygens (including phenoxy) is 1. The molecule has 0 saturated heterocycles. The van der Waals surface area contributed by atoms with E-state index in [1.54, 1.807) is 30.5 Å². The lowest BCUT2D eigenvalue weighted by Crippen LogP contribution is -2.25. The van der Waals surface area contributed by atoms with Gasteiger partial charge in [0.25, 0.3) is 5.91 Å². The van der Waals surface area contributed by atoms with Crippen LogP contribution in [0.1, 0.15) is 27.2 Å². The third-order valence-corrected chi connectivity index (χ3v) is 5.19. The molecule has 0 bridgehead atoms. The number of carboxylic acid groups (broad SMARTS) is 1. The molecule has 3 aromatic rings. The Morgan fingerprint density at radius 3 is 2.47 bits per heavy atom.